The van der Waals surface area contributed by atoms with Crippen LogP contribution in [0.4, 0.5) is 8.78 Å². The summed E-state index contributed by atoms with van der Waals surface area (Å²) in [5.74, 6) is -0.952. The number of hydrogen-bond donors (Lipinski definition) is 0. The van der Waals surface area contributed by atoms with Gasteiger partial charge in [-0.25, -0.2) is 14.2 Å². The fraction of sp³-hybridized carbons (Fsp3) is 0.167. The SMILES string of the molecule is Cn1c(=O)n2c3c4c(c(Br)c(F)cc4ncc31)OC(c1ccnc(F)c1)C2. The molecule has 4 aromatic rings. The normalized spacial score (nSPS) is 16.1. The molecule has 4 heterocycles. The van der Waals surface area contributed by atoms with Gasteiger partial charge in [0.2, 0.25) is 5.95 Å². The number of halogens is 3. The van der Waals surface area contributed by atoms with Crippen molar-refractivity contribution in [2.24, 2.45) is 7.05 Å². The van der Waals surface area contributed by atoms with Gasteiger partial charge in [0.15, 0.2) is 0 Å². The van der Waals surface area contributed by atoms with Gasteiger partial charge in [-0.15, -0.1) is 0 Å². The number of hydrogen-bond acceptors (Lipinski definition) is 4. The van der Waals surface area contributed by atoms with Gasteiger partial charge in [-0.2, -0.15) is 4.39 Å². The molecule has 0 aliphatic carbocycles. The Morgan fingerprint density at radius 3 is 2.89 bits per heavy atom. The highest BCUT2D eigenvalue weighted by atomic mass is 79.9. The molecule has 27 heavy (non-hydrogen) atoms. The second-order valence-electron chi connectivity index (χ2n) is 6.36. The molecule has 5 rings (SSSR count). The molecule has 0 saturated carbocycles. The molecule has 1 aliphatic heterocycles. The van der Waals surface area contributed by atoms with Gasteiger partial charge >= 0.3 is 5.69 Å². The quantitative estimate of drug-likeness (QED) is 0.432. The summed E-state index contributed by atoms with van der Waals surface area (Å²) in [5.41, 5.74) is 1.84. The van der Waals surface area contributed by atoms with Crippen LogP contribution in [0.5, 0.6) is 5.75 Å². The van der Waals surface area contributed by atoms with Crippen LogP contribution in [0.2, 0.25) is 0 Å². The van der Waals surface area contributed by atoms with Gasteiger partial charge in [-0.05, 0) is 22.0 Å². The van der Waals surface area contributed by atoms with E-state index in [0.29, 0.717) is 27.5 Å². The third kappa shape index (κ3) is 2.24. The Bertz CT molecular complexity index is 1310. The minimum absolute atomic E-state index is 0.133. The van der Waals surface area contributed by atoms with E-state index >= 15 is 0 Å². The van der Waals surface area contributed by atoms with Gasteiger partial charge in [0.25, 0.3) is 0 Å². The lowest BCUT2D eigenvalue weighted by Crippen LogP contribution is -2.26. The first-order chi connectivity index (χ1) is 13.0. The van der Waals surface area contributed by atoms with E-state index in [1.807, 2.05) is 0 Å². The zero-order valence-corrected chi connectivity index (χ0v) is 15.5. The number of pyridine rings is 2. The van der Waals surface area contributed by atoms with Crippen LogP contribution in [-0.4, -0.2) is 19.1 Å². The number of ether oxygens (including phenoxy) is 1. The Labute approximate surface area is 159 Å². The smallest absolute Gasteiger partial charge is 0.329 e. The lowest BCUT2D eigenvalue weighted by molar-refractivity contribution is 0.186. The van der Waals surface area contributed by atoms with E-state index in [1.165, 1.54) is 22.9 Å². The topological polar surface area (TPSA) is 61.9 Å². The van der Waals surface area contributed by atoms with E-state index in [2.05, 4.69) is 25.9 Å². The third-order valence-corrected chi connectivity index (χ3v) is 5.58. The molecule has 9 heteroatoms. The Kier molecular flexibility index (Phi) is 3.39. The highest BCUT2D eigenvalue weighted by molar-refractivity contribution is 9.10. The fourth-order valence-corrected chi connectivity index (χ4v) is 3.96. The first-order valence-electron chi connectivity index (χ1n) is 8.09. The highest BCUT2D eigenvalue weighted by Gasteiger charge is 2.29. The van der Waals surface area contributed by atoms with Crippen molar-refractivity contribution in [1.82, 2.24) is 19.1 Å². The molecule has 0 radical (unpaired) electrons. The summed E-state index contributed by atoms with van der Waals surface area (Å²) in [7, 11) is 1.65. The lowest BCUT2D eigenvalue weighted by Gasteiger charge is -2.19. The van der Waals surface area contributed by atoms with Crippen LogP contribution in [0.3, 0.4) is 0 Å². The van der Waals surface area contributed by atoms with Crippen LogP contribution in [0.25, 0.3) is 21.9 Å². The van der Waals surface area contributed by atoms with E-state index in [4.69, 9.17) is 4.74 Å². The van der Waals surface area contributed by atoms with Crippen LogP contribution in [-0.2, 0) is 13.6 Å². The zero-order chi connectivity index (χ0) is 18.9. The molecule has 0 spiro atoms. The Hall–Kier alpha value is -2.81. The highest BCUT2D eigenvalue weighted by Crippen LogP contribution is 2.43. The Balaban J connectivity index is 1.91. The van der Waals surface area contributed by atoms with Crippen molar-refractivity contribution in [3.8, 4) is 5.75 Å². The monoisotopic (exact) mass is 432 g/mol. The molecule has 6 nitrogen and oxygen atoms in total. The molecule has 1 aromatic carbocycles. The van der Waals surface area contributed by atoms with Crippen molar-refractivity contribution in [1.29, 1.82) is 0 Å². The molecule has 136 valence electrons. The average Bonchev–Trinajstić information content (AvgIpc) is 2.80. The molecule has 0 saturated heterocycles. The van der Waals surface area contributed by atoms with Crippen LogP contribution in [0.1, 0.15) is 11.7 Å². The van der Waals surface area contributed by atoms with Crippen LogP contribution >= 0.6 is 15.9 Å². The van der Waals surface area contributed by atoms with Gasteiger partial charge < -0.3 is 4.74 Å². The summed E-state index contributed by atoms with van der Waals surface area (Å²) < 4.78 is 37.3. The predicted molar refractivity (Wildman–Crippen MR) is 97.7 cm³/mol. The number of aromatic nitrogens is 4. The van der Waals surface area contributed by atoms with Gasteiger partial charge in [-0.3, -0.25) is 14.1 Å². The maximum Gasteiger partial charge on any atom is 0.329 e. The molecule has 1 unspecified atom stereocenters. The molecular formula is C18H11BrF2N4O2. The maximum absolute atomic E-state index is 14.4. The van der Waals surface area contributed by atoms with E-state index in [0.717, 1.165) is 0 Å². The number of aryl methyl sites for hydroxylation is 1. The standard InChI is InChI=1S/C18H11BrF2N4O2/c1-24-11-6-23-10-5-9(20)15(19)17-14(10)16(11)25(18(24)26)7-12(27-17)8-2-3-22-13(21)4-8/h2-6,12H,7H2,1H3. The van der Waals surface area contributed by atoms with E-state index in [-0.39, 0.29) is 22.5 Å². The largest absolute Gasteiger partial charge is 0.482 e. The summed E-state index contributed by atoms with van der Waals surface area (Å²) in [5, 5.41) is 0.538. The van der Waals surface area contributed by atoms with E-state index < -0.39 is 17.9 Å². The predicted octanol–water partition coefficient (Wildman–Crippen LogP) is 3.46. The molecule has 0 fully saturated rings. The van der Waals surface area contributed by atoms with Gasteiger partial charge in [0.1, 0.15) is 17.7 Å². The minimum atomic E-state index is -0.709. The van der Waals surface area contributed by atoms with Gasteiger partial charge in [-0.1, -0.05) is 0 Å². The summed E-state index contributed by atoms with van der Waals surface area (Å²) >= 11 is 3.24. The second-order valence-corrected chi connectivity index (χ2v) is 7.15. The van der Waals surface area contributed by atoms with E-state index in [1.54, 1.807) is 23.9 Å². The van der Waals surface area contributed by atoms with Crippen molar-refractivity contribution in [2.45, 2.75) is 12.6 Å². The maximum atomic E-state index is 14.4. The summed E-state index contributed by atoms with van der Waals surface area (Å²) in [6.45, 7) is 0.140. The first kappa shape index (κ1) is 16.4. The van der Waals surface area contributed by atoms with Gasteiger partial charge in [0, 0.05) is 30.9 Å². The Morgan fingerprint density at radius 1 is 1.30 bits per heavy atom. The molecule has 1 aliphatic rings. The first-order valence-corrected chi connectivity index (χ1v) is 8.89. The van der Waals surface area contributed by atoms with Crippen molar-refractivity contribution in [3.05, 3.63) is 62.9 Å². The van der Waals surface area contributed by atoms with Crippen LogP contribution in [0, 0.1) is 11.8 Å². The molecule has 3 aromatic heterocycles. The Morgan fingerprint density at radius 2 is 2.11 bits per heavy atom. The van der Waals surface area contributed by atoms with Crippen LogP contribution < -0.4 is 10.4 Å². The summed E-state index contributed by atoms with van der Waals surface area (Å²) in [4.78, 5) is 20.7. The van der Waals surface area contributed by atoms with Crippen molar-refractivity contribution in [2.75, 3.05) is 0 Å². The lowest BCUT2D eigenvalue weighted by atomic mass is 10.1. The zero-order valence-electron chi connectivity index (χ0n) is 13.9. The number of rotatable bonds is 1. The number of nitrogens with zero attached hydrogens (tertiary/aromatic N) is 4. The second kappa shape index (κ2) is 5.59. The number of imidazole rings is 1. The number of benzene rings is 1. The van der Waals surface area contributed by atoms with Crippen molar-refractivity contribution < 1.29 is 13.5 Å². The fourth-order valence-electron chi connectivity index (χ4n) is 3.56. The van der Waals surface area contributed by atoms with E-state index in [9.17, 15) is 13.6 Å². The summed E-state index contributed by atoms with van der Waals surface area (Å²) in [6, 6.07) is 4.14. The molecular weight excluding hydrogens is 422 g/mol. The van der Waals surface area contributed by atoms with Crippen molar-refractivity contribution in [3.63, 3.8) is 0 Å². The summed E-state index contributed by atoms with van der Waals surface area (Å²) in [6.07, 6.45) is 2.16. The molecule has 0 bridgehead atoms. The van der Waals surface area contributed by atoms with Crippen LogP contribution in [0.15, 0.2) is 39.9 Å². The molecule has 0 N–H and O–H groups in total. The van der Waals surface area contributed by atoms with Gasteiger partial charge in [0.05, 0.1) is 39.2 Å². The minimum Gasteiger partial charge on any atom is -0.482 e. The third-order valence-electron chi connectivity index (χ3n) is 4.84. The van der Waals surface area contributed by atoms with Crippen molar-refractivity contribution >= 4 is 37.9 Å². The average molecular weight is 433 g/mol. The molecule has 1 atom stereocenters. The molecule has 0 amide bonds.